The lowest BCUT2D eigenvalue weighted by atomic mass is 9.98. The van der Waals surface area contributed by atoms with Gasteiger partial charge in [-0.25, -0.2) is 9.18 Å². The van der Waals surface area contributed by atoms with E-state index in [1.807, 2.05) is 0 Å². The molecule has 2 rings (SSSR count). The quantitative estimate of drug-likeness (QED) is 0.824. The topological polar surface area (TPSA) is 57.5 Å². The van der Waals surface area contributed by atoms with Crippen LogP contribution >= 0.6 is 0 Å². The van der Waals surface area contributed by atoms with Crippen molar-refractivity contribution in [1.29, 1.82) is 0 Å². The molecule has 0 amide bonds. The molecule has 0 aromatic heterocycles. The summed E-state index contributed by atoms with van der Waals surface area (Å²) in [6.07, 6.45) is 1.86. The first-order chi connectivity index (χ1) is 7.41. The van der Waals surface area contributed by atoms with E-state index in [2.05, 4.69) is 0 Å². The number of carboxylic acid groups (broad SMARTS) is 1. The Labute approximate surface area is 92.5 Å². The van der Waals surface area contributed by atoms with Gasteiger partial charge in [-0.1, -0.05) is 0 Å². The fourth-order valence-electron chi connectivity index (χ4n) is 1.75. The molecule has 2 N–H and O–H groups in total. The van der Waals surface area contributed by atoms with Gasteiger partial charge in [0.1, 0.15) is 5.82 Å². The summed E-state index contributed by atoms with van der Waals surface area (Å²) in [4.78, 5) is 10.8. The van der Waals surface area contributed by atoms with Gasteiger partial charge in [0.25, 0.3) is 0 Å². The zero-order valence-electron chi connectivity index (χ0n) is 8.96. The second-order valence-corrected chi connectivity index (χ2v) is 4.46. The maximum atomic E-state index is 13.3. The minimum Gasteiger partial charge on any atom is -0.478 e. The normalized spacial score (nSPS) is 17.2. The Hall–Kier alpha value is -1.42. The molecule has 0 saturated heterocycles. The average Bonchev–Trinajstić information content (AvgIpc) is 2.88. The molecule has 16 heavy (non-hydrogen) atoms. The van der Waals surface area contributed by atoms with Crippen LogP contribution in [0.15, 0.2) is 12.1 Å². The summed E-state index contributed by atoms with van der Waals surface area (Å²) in [6.45, 7) is 1.72. The van der Waals surface area contributed by atoms with Crippen molar-refractivity contribution in [2.24, 2.45) is 0 Å². The second-order valence-electron chi connectivity index (χ2n) is 4.46. The van der Waals surface area contributed by atoms with Gasteiger partial charge in [0.2, 0.25) is 0 Å². The van der Waals surface area contributed by atoms with Crippen molar-refractivity contribution in [3.05, 3.63) is 34.6 Å². The molecule has 1 saturated carbocycles. The van der Waals surface area contributed by atoms with Crippen molar-refractivity contribution in [3.63, 3.8) is 0 Å². The number of halogens is 1. The van der Waals surface area contributed by atoms with Crippen LogP contribution in [0.2, 0.25) is 0 Å². The third-order valence-electron chi connectivity index (χ3n) is 3.00. The van der Waals surface area contributed by atoms with Crippen LogP contribution < -0.4 is 0 Å². The highest BCUT2D eigenvalue weighted by atomic mass is 19.1. The molecular formula is C12H13FO3. The number of rotatable bonds is 3. The zero-order valence-corrected chi connectivity index (χ0v) is 8.96. The van der Waals surface area contributed by atoms with Crippen LogP contribution in [0.4, 0.5) is 4.39 Å². The lowest BCUT2D eigenvalue weighted by Gasteiger charge is -2.11. The highest BCUT2D eigenvalue weighted by molar-refractivity contribution is 5.88. The Morgan fingerprint density at radius 2 is 2.12 bits per heavy atom. The van der Waals surface area contributed by atoms with E-state index < -0.39 is 17.4 Å². The van der Waals surface area contributed by atoms with E-state index in [0.29, 0.717) is 17.5 Å². The van der Waals surface area contributed by atoms with Crippen LogP contribution in [-0.4, -0.2) is 21.8 Å². The molecule has 0 bridgehead atoms. The van der Waals surface area contributed by atoms with Crippen molar-refractivity contribution >= 4 is 5.97 Å². The number of hydrogen-bond donors (Lipinski definition) is 2. The smallest absolute Gasteiger partial charge is 0.338 e. The van der Waals surface area contributed by atoms with Gasteiger partial charge in [0, 0.05) is 6.42 Å². The lowest BCUT2D eigenvalue weighted by molar-refractivity contribution is 0.0691. The molecule has 4 heteroatoms. The summed E-state index contributed by atoms with van der Waals surface area (Å²) in [5, 5.41) is 18.6. The molecule has 0 radical (unpaired) electrons. The molecule has 86 valence electrons. The number of aryl methyl sites for hydroxylation is 1. The minimum atomic E-state index is -1.28. The van der Waals surface area contributed by atoms with Gasteiger partial charge in [-0.3, -0.25) is 0 Å². The third kappa shape index (κ3) is 2.07. The Balaban J connectivity index is 2.37. The molecule has 1 aliphatic rings. The monoisotopic (exact) mass is 224 g/mol. The van der Waals surface area contributed by atoms with Crippen LogP contribution in [0.1, 0.15) is 34.3 Å². The van der Waals surface area contributed by atoms with Gasteiger partial charge in [-0.15, -0.1) is 0 Å². The SMILES string of the molecule is Cc1cc(F)c(C(=O)O)cc1CC1(O)CC1. The van der Waals surface area contributed by atoms with Gasteiger partial charge in [-0.2, -0.15) is 0 Å². The van der Waals surface area contributed by atoms with Crippen molar-refractivity contribution in [2.75, 3.05) is 0 Å². The summed E-state index contributed by atoms with van der Waals surface area (Å²) >= 11 is 0. The standard InChI is InChI=1S/C12H13FO3/c1-7-4-10(13)9(11(14)15)5-8(7)6-12(16)2-3-12/h4-5,16H,2-3,6H2,1H3,(H,14,15). The third-order valence-corrected chi connectivity index (χ3v) is 3.00. The Bertz CT molecular complexity index is 450. The molecule has 0 unspecified atom stereocenters. The van der Waals surface area contributed by atoms with E-state index in [-0.39, 0.29) is 5.56 Å². The predicted molar refractivity (Wildman–Crippen MR) is 56.0 cm³/mol. The molecule has 1 fully saturated rings. The first-order valence-electron chi connectivity index (χ1n) is 5.16. The fourth-order valence-corrected chi connectivity index (χ4v) is 1.75. The molecule has 0 atom stereocenters. The van der Waals surface area contributed by atoms with Crippen LogP contribution in [0.25, 0.3) is 0 Å². The van der Waals surface area contributed by atoms with E-state index in [9.17, 15) is 14.3 Å². The summed E-state index contributed by atoms with van der Waals surface area (Å²) in [5.74, 6) is -2.00. The Kier molecular flexibility index (Phi) is 2.46. The van der Waals surface area contributed by atoms with Crippen LogP contribution in [-0.2, 0) is 6.42 Å². The zero-order chi connectivity index (χ0) is 11.9. The highest BCUT2D eigenvalue weighted by Crippen LogP contribution is 2.39. The fraction of sp³-hybridized carbons (Fsp3) is 0.417. The van der Waals surface area contributed by atoms with Crippen molar-refractivity contribution < 1.29 is 19.4 Å². The molecule has 0 heterocycles. The Morgan fingerprint density at radius 1 is 1.50 bits per heavy atom. The highest BCUT2D eigenvalue weighted by Gasteiger charge is 2.40. The van der Waals surface area contributed by atoms with Gasteiger partial charge in [-0.05, 0) is 43.0 Å². The number of aliphatic hydroxyl groups is 1. The van der Waals surface area contributed by atoms with Crippen molar-refractivity contribution in [2.45, 2.75) is 31.8 Å². The number of aromatic carboxylic acids is 1. The van der Waals surface area contributed by atoms with Gasteiger partial charge in [0.05, 0.1) is 11.2 Å². The molecule has 1 aromatic rings. The van der Waals surface area contributed by atoms with Gasteiger partial charge in [0.15, 0.2) is 0 Å². The first-order valence-corrected chi connectivity index (χ1v) is 5.16. The maximum absolute atomic E-state index is 13.3. The van der Waals surface area contributed by atoms with Gasteiger partial charge >= 0.3 is 5.97 Å². The summed E-state index contributed by atoms with van der Waals surface area (Å²) in [6, 6.07) is 2.54. The van der Waals surface area contributed by atoms with Crippen LogP contribution in [0.3, 0.4) is 0 Å². The van der Waals surface area contributed by atoms with E-state index in [4.69, 9.17) is 5.11 Å². The van der Waals surface area contributed by atoms with Crippen LogP contribution in [0, 0.1) is 12.7 Å². The van der Waals surface area contributed by atoms with Gasteiger partial charge < -0.3 is 10.2 Å². The first kappa shape index (κ1) is 11.1. The number of carboxylic acids is 1. The molecular weight excluding hydrogens is 211 g/mol. The molecule has 1 aromatic carbocycles. The van der Waals surface area contributed by atoms with Crippen LogP contribution in [0.5, 0.6) is 0 Å². The Morgan fingerprint density at radius 3 is 2.62 bits per heavy atom. The predicted octanol–water partition coefficient (Wildman–Crippen LogP) is 1.90. The maximum Gasteiger partial charge on any atom is 0.338 e. The van der Waals surface area contributed by atoms with E-state index in [0.717, 1.165) is 12.8 Å². The largest absolute Gasteiger partial charge is 0.478 e. The molecule has 0 spiro atoms. The molecule has 0 aliphatic heterocycles. The average molecular weight is 224 g/mol. The van der Waals surface area contributed by atoms with E-state index in [1.165, 1.54) is 12.1 Å². The van der Waals surface area contributed by atoms with E-state index >= 15 is 0 Å². The number of benzene rings is 1. The lowest BCUT2D eigenvalue weighted by Crippen LogP contribution is -2.13. The van der Waals surface area contributed by atoms with E-state index in [1.54, 1.807) is 6.92 Å². The second kappa shape index (κ2) is 3.56. The van der Waals surface area contributed by atoms with Crippen molar-refractivity contribution in [1.82, 2.24) is 0 Å². The molecule has 3 nitrogen and oxygen atoms in total. The summed E-state index contributed by atoms with van der Waals surface area (Å²) in [7, 11) is 0. The number of carbonyl (C=O) groups is 1. The van der Waals surface area contributed by atoms with Crippen molar-refractivity contribution in [3.8, 4) is 0 Å². The molecule has 1 aliphatic carbocycles. The summed E-state index contributed by atoms with van der Waals surface area (Å²) in [5.41, 5.74) is 0.365. The minimum absolute atomic E-state index is 0.329. The number of hydrogen-bond acceptors (Lipinski definition) is 2. The summed E-state index contributed by atoms with van der Waals surface area (Å²) < 4.78 is 13.3.